The Morgan fingerprint density at radius 1 is 1.24 bits per heavy atom. The zero-order valence-electron chi connectivity index (χ0n) is 12.1. The molecule has 110 valence electrons. The van der Waals surface area contributed by atoms with Gasteiger partial charge in [-0.3, -0.25) is 0 Å². The summed E-state index contributed by atoms with van der Waals surface area (Å²) in [5.41, 5.74) is 2.89. The van der Waals surface area contributed by atoms with Gasteiger partial charge in [0.1, 0.15) is 0 Å². The predicted molar refractivity (Wildman–Crippen MR) is 88.3 cm³/mol. The fourth-order valence-corrected chi connectivity index (χ4v) is 2.61. The van der Waals surface area contributed by atoms with Crippen LogP contribution in [0.5, 0.6) is 0 Å². The lowest BCUT2D eigenvalue weighted by molar-refractivity contribution is -0.144. The number of hydrogen-bond acceptors (Lipinski definition) is 3. The summed E-state index contributed by atoms with van der Waals surface area (Å²) in [4.78, 5) is 12.3. The summed E-state index contributed by atoms with van der Waals surface area (Å²) in [6.45, 7) is 4.18. The van der Waals surface area contributed by atoms with Crippen molar-refractivity contribution in [3.05, 3.63) is 64.1 Å². The van der Waals surface area contributed by atoms with Gasteiger partial charge in [-0.05, 0) is 43.2 Å². The number of halogens is 1. The molecule has 2 aromatic rings. The van der Waals surface area contributed by atoms with E-state index in [-0.39, 0.29) is 5.97 Å². The molecule has 0 aliphatic heterocycles. The fourth-order valence-electron chi connectivity index (χ4n) is 2.10. The van der Waals surface area contributed by atoms with E-state index in [1.54, 1.807) is 0 Å². The Labute approximate surface area is 133 Å². The van der Waals surface area contributed by atoms with Crippen molar-refractivity contribution in [3.63, 3.8) is 0 Å². The van der Waals surface area contributed by atoms with Crippen LogP contribution in [0.2, 0.25) is 0 Å². The predicted octanol–water partition coefficient (Wildman–Crippen LogP) is 4.47. The second-order valence-electron chi connectivity index (χ2n) is 4.72. The Balaban J connectivity index is 2.33. The topological polar surface area (TPSA) is 38.3 Å². The van der Waals surface area contributed by atoms with Crippen LogP contribution in [-0.4, -0.2) is 12.6 Å². The molecule has 0 aliphatic carbocycles. The van der Waals surface area contributed by atoms with Crippen LogP contribution < -0.4 is 5.32 Å². The largest absolute Gasteiger partial charge is 0.464 e. The number of carbonyl (C=O) groups is 1. The molecule has 0 radical (unpaired) electrons. The third kappa shape index (κ3) is 4.08. The lowest BCUT2D eigenvalue weighted by Crippen LogP contribution is -2.23. The number of carbonyl (C=O) groups excluding carboxylic acids is 1. The molecule has 1 atom stereocenters. The van der Waals surface area contributed by atoms with Crippen molar-refractivity contribution in [1.29, 1.82) is 0 Å². The van der Waals surface area contributed by atoms with Gasteiger partial charge in [0, 0.05) is 10.2 Å². The number of benzene rings is 2. The lowest BCUT2D eigenvalue weighted by atomic mass is 10.1. The zero-order valence-corrected chi connectivity index (χ0v) is 13.7. The van der Waals surface area contributed by atoms with Gasteiger partial charge in [-0.1, -0.05) is 46.3 Å². The number of hydrogen-bond donors (Lipinski definition) is 1. The molecule has 0 saturated heterocycles. The van der Waals surface area contributed by atoms with Crippen molar-refractivity contribution in [2.75, 3.05) is 11.9 Å². The van der Waals surface area contributed by atoms with Gasteiger partial charge in [0.2, 0.25) is 0 Å². The average Bonchev–Trinajstić information content (AvgIpc) is 2.46. The van der Waals surface area contributed by atoms with Crippen LogP contribution in [0.1, 0.15) is 24.1 Å². The van der Waals surface area contributed by atoms with Crippen molar-refractivity contribution >= 4 is 27.6 Å². The summed E-state index contributed by atoms with van der Waals surface area (Å²) in [6.07, 6.45) is 0. The van der Waals surface area contributed by atoms with E-state index >= 15 is 0 Å². The molecule has 0 heterocycles. The molecule has 21 heavy (non-hydrogen) atoms. The summed E-state index contributed by atoms with van der Waals surface area (Å²) < 4.78 is 6.07. The first kappa shape index (κ1) is 15.6. The molecule has 2 rings (SSSR count). The first-order chi connectivity index (χ1) is 10.1. The molecule has 0 aliphatic rings. The minimum absolute atomic E-state index is 0.286. The Hall–Kier alpha value is -1.81. The summed E-state index contributed by atoms with van der Waals surface area (Å²) >= 11 is 3.50. The summed E-state index contributed by atoms with van der Waals surface area (Å²) in [5, 5.41) is 3.26. The van der Waals surface area contributed by atoms with Crippen LogP contribution in [0.25, 0.3) is 0 Å². The van der Waals surface area contributed by atoms with E-state index in [0.717, 1.165) is 21.3 Å². The van der Waals surface area contributed by atoms with E-state index in [1.807, 2.05) is 62.4 Å². The Bertz CT molecular complexity index is 628. The van der Waals surface area contributed by atoms with Crippen LogP contribution in [0.15, 0.2) is 53.0 Å². The molecule has 0 bridgehead atoms. The summed E-state index contributed by atoms with van der Waals surface area (Å²) in [6, 6.07) is 15.0. The molecule has 0 amide bonds. The van der Waals surface area contributed by atoms with Crippen LogP contribution in [0, 0.1) is 6.92 Å². The maximum atomic E-state index is 12.3. The Kier molecular flexibility index (Phi) is 5.39. The van der Waals surface area contributed by atoms with Crippen LogP contribution in [-0.2, 0) is 9.53 Å². The molecule has 1 N–H and O–H groups in total. The van der Waals surface area contributed by atoms with E-state index in [9.17, 15) is 4.79 Å². The molecule has 0 aromatic heterocycles. The molecule has 1 unspecified atom stereocenters. The molecule has 0 spiro atoms. The first-order valence-corrected chi connectivity index (χ1v) is 7.65. The zero-order chi connectivity index (χ0) is 15.2. The van der Waals surface area contributed by atoms with Crippen molar-refractivity contribution in [2.24, 2.45) is 0 Å². The van der Waals surface area contributed by atoms with Crippen molar-refractivity contribution in [3.8, 4) is 0 Å². The quantitative estimate of drug-likeness (QED) is 0.810. The van der Waals surface area contributed by atoms with E-state index in [0.29, 0.717) is 6.61 Å². The van der Waals surface area contributed by atoms with Gasteiger partial charge in [-0.15, -0.1) is 0 Å². The highest BCUT2D eigenvalue weighted by Gasteiger charge is 2.23. The van der Waals surface area contributed by atoms with Gasteiger partial charge in [0.15, 0.2) is 6.04 Å². The number of ether oxygens (including phenoxy) is 1. The minimum atomic E-state index is -0.540. The average molecular weight is 348 g/mol. The number of rotatable bonds is 5. The van der Waals surface area contributed by atoms with Crippen LogP contribution in [0.3, 0.4) is 0 Å². The molecular weight excluding hydrogens is 330 g/mol. The number of anilines is 1. The Morgan fingerprint density at radius 3 is 2.67 bits per heavy atom. The van der Waals surface area contributed by atoms with Gasteiger partial charge in [-0.2, -0.15) is 0 Å². The van der Waals surface area contributed by atoms with Crippen LogP contribution in [0.4, 0.5) is 5.69 Å². The highest BCUT2D eigenvalue weighted by molar-refractivity contribution is 9.10. The number of aryl methyl sites for hydroxylation is 1. The molecule has 0 fully saturated rings. The third-order valence-corrected chi connectivity index (χ3v) is 3.79. The number of esters is 1. The molecule has 2 aromatic carbocycles. The van der Waals surface area contributed by atoms with Gasteiger partial charge < -0.3 is 10.1 Å². The second-order valence-corrected chi connectivity index (χ2v) is 5.57. The molecular formula is C17H18BrNO2. The number of nitrogens with one attached hydrogen (secondary N) is 1. The van der Waals surface area contributed by atoms with E-state index in [4.69, 9.17) is 4.74 Å². The van der Waals surface area contributed by atoms with Crippen molar-refractivity contribution < 1.29 is 9.53 Å². The van der Waals surface area contributed by atoms with E-state index in [1.165, 1.54) is 0 Å². The smallest absolute Gasteiger partial charge is 0.333 e. The normalized spacial score (nSPS) is 11.8. The van der Waals surface area contributed by atoms with Gasteiger partial charge >= 0.3 is 5.97 Å². The van der Waals surface area contributed by atoms with Gasteiger partial charge in [0.25, 0.3) is 0 Å². The molecule has 0 saturated carbocycles. The SMILES string of the molecule is CCOC(=O)C(Nc1cccc(C)c1)c1ccccc1Br. The van der Waals surface area contributed by atoms with Crippen molar-refractivity contribution in [1.82, 2.24) is 0 Å². The van der Waals surface area contributed by atoms with Crippen molar-refractivity contribution in [2.45, 2.75) is 19.9 Å². The van der Waals surface area contributed by atoms with E-state index < -0.39 is 6.04 Å². The second kappa shape index (κ2) is 7.27. The maximum Gasteiger partial charge on any atom is 0.333 e. The van der Waals surface area contributed by atoms with E-state index in [2.05, 4.69) is 21.2 Å². The highest BCUT2D eigenvalue weighted by Crippen LogP contribution is 2.27. The molecule has 3 nitrogen and oxygen atoms in total. The monoisotopic (exact) mass is 347 g/mol. The van der Waals surface area contributed by atoms with Gasteiger partial charge in [-0.25, -0.2) is 4.79 Å². The summed E-state index contributed by atoms with van der Waals surface area (Å²) in [5.74, 6) is -0.286. The minimum Gasteiger partial charge on any atom is -0.464 e. The van der Waals surface area contributed by atoms with Crippen LogP contribution >= 0.6 is 15.9 Å². The third-order valence-electron chi connectivity index (χ3n) is 3.07. The standard InChI is InChI=1S/C17H18BrNO2/c1-3-21-17(20)16(14-9-4-5-10-15(14)18)19-13-8-6-7-12(2)11-13/h4-11,16,19H,3H2,1-2H3. The first-order valence-electron chi connectivity index (χ1n) is 6.86. The highest BCUT2D eigenvalue weighted by atomic mass is 79.9. The fraction of sp³-hybridized carbons (Fsp3) is 0.235. The Morgan fingerprint density at radius 2 is 2.00 bits per heavy atom. The molecule has 4 heteroatoms. The maximum absolute atomic E-state index is 12.3. The lowest BCUT2D eigenvalue weighted by Gasteiger charge is -2.20. The summed E-state index contributed by atoms with van der Waals surface area (Å²) in [7, 11) is 0. The van der Waals surface area contributed by atoms with Gasteiger partial charge in [0.05, 0.1) is 6.61 Å².